The quantitative estimate of drug-likeness (QED) is 0.881. The van der Waals surface area contributed by atoms with E-state index in [1.807, 2.05) is 24.3 Å². The second-order valence-electron chi connectivity index (χ2n) is 3.65. The summed E-state index contributed by atoms with van der Waals surface area (Å²) in [5.74, 6) is -0.659. The van der Waals surface area contributed by atoms with Gasteiger partial charge < -0.3 is 5.11 Å². The Hall–Kier alpha value is -0.830. The molecule has 2 nitrogen and oxygen atoms in total. The van der Waals surface area contributed by atoms with E-state index >= 15 is 0 Å². The van der Waals surface area contributed by atoms with E-state index in [2.05, 4.69) is 15.9 Å². The van der Waals surface area contributed by atoms with Crippen LogP contribution in [0.1, 0.15) is 24.3 Å². The molecule has 2 unspecified atom stereocenters. The molecule has 2 atom stereocenters. The summed E-state index contributed by atoms with van der Waals surface area (Å²) in [6.45, 7) is 0. The first-order valence-electron chi connectivity index (χ1n) is 4.67. The van der Waals surface area contributed by atoms with Crippen LogP contribution >= 0.6 is 15.9 Å². The van der Waals surface area contributed by atoms with Crippen LogP contribution in [0, 0.1) is 5.92 Å². The van der Waals surface area contributed by atoms with E-state index in [0.717, 1.165) is 22.9 Å². The highest BCUT2D eigenvalue weighted by atomic mass is 79.9. The number of halogens is 1. The van der Waals surface area contributed by atoms with Gasteiger partial charge in [0.25, 0.3) is 0 Å². The van der Waals surface area contributed by atoms with Crippen molar-refractivity contribution < 1.29 is 9.90 Å². The third-order valence-electron chi connectivity index (χ3n) is 2.90. The number of hydrogen-bond donors (Lipinski definition) is 1. The van der Waals surface area contributed by atoms with Crippen LogP contribution in [0.15, 0.2) is 28.7 Å². The van der Waals surface area contributed by atoms with Crippen molar-refractivity contribution in [3.8, 4) is 0 Å². The molecule has 1 aliphatic rings. The first-order chi connectivity index (χ1) is 6.70. The van der Waals surface area contributed by atoms with Gasteiger partial charge in [0.05, 0.1) is 5.92 Å². The predicted molar refractivity (Wildman–Crippen MR) is 57.2 cm³/mol. The molecule has 14 heavy (non-hydrogen) atoms. The lowest BCUT2D eigenvalue weighted by molar-refractivity contribution is -0.145. The molecule has 0 aromatic heterocycles. The van der Waals surface area contributed by atoms with Gasteiger partial charge in [-0.25, -0.2) is 0 Å². The Kier molecular flexibility index (Phi) is 2.59. The summed E-state index contributed by atoms with van der Waals surface area (Å²) < 4.78 is 1.02. The fourth-order valence-corrected chi connectivity index (χ4v) is 2.52. The Morgan fingerprint density at radius 1 is 1.36 bits per heavy atom. The minimum Gasteiger partial charge on any atom is -0.481 e. The lowest BCUT2D eigenvalue weighted by Gasteiger charge is -2.34. The maximum absolute atomic E-state index is 10.9. The van der Waals surface area contributed by atoms with E-state index in [-0.39, 0.29) is 11.8 Å². The van der Waals surface area contributed by atoms with Crippen LogP contribution in [-0.2, 0) is 4.79 Å². The van der Waals surface area contributed by atoms with Gasteiger partial charge in [0.1, 0.15) is 0 Å². The number of carboxylic acid groups (broad SMARTS) is 1. The Morgan fingerprint density at radius 2 is 2.07 bits per heavy atom. The van der Waals surface area contributed by atoms with Crippen molar-refractivity contribution in [2.24, 2.45) is 5.92 Å². The molecule has 1 saturated carbocycles. The average Bonchev–Trinajstić information content (AvgIpc) is 2.05. The van der Waals surface area contributed by atoms with E-state index < -0.39 is 5.97 Å². The first-order valence-corrected chi connectivity index (χ1v) is 5.46. The van der Waals surface area contributed by atoms with E-state index in [1.54, 1.807) is 0 Å². The molecule has 0 heterocycles. The summed E-state index contributed by atoms with van der Waals surface area (Å²) in [5, 5.41) is 8.94. The molecule has 3 heteroatoms. The molecule has 0 saturated heterocycles. The van der Waals surface area contributed by atoms with Gasteiger partial charge in [-0.1, -0.05) is 34.1 Å². The Balaban J connectivity index is 2.24. The lowest BCUT2D eigenvalue weighted by atomic mass is 9.70. The monoisotopic (exact) mass is 254 g/mol. The fraction of sp³-hybridized carbons (Fsp3) is 0.364. The van der Waals surface area contributed by atoms with Crippen molar-refractivity contribution in [1.29, 1.82) is 0 Å². The maximum atomic E-state index is 10.9. The minimum atomic E-state index is -0.669. The summed E-state index contributed by atoms with van der Waals surface area (Å²) in [6.07, 6.45) is 1.79. The molecule has 0 amide bonds. The number of rotatable bonds is 2. The summed E-state index contributed by atoms with van der Waals surface area (Å²) in [6, 6.07) is 7.87. The van der Waals surface area contributed by atoms with Crippen LogP contribution in [0.3, 0.4) is 0 Å². The van der Waals surface area contributed by atoms with Gasteiger partial charge in [-0.3, -0.25) is 4.79 Å². The van der Waals surface area contributed by atoms with E-state index in [9.17, 15) is 4.79 Å². The zero-order chi connectivity index (χ0) is 10.1. The maximum Gasteiger partial charge on any atom is 0.307 e. The van der Waals surface area contributed by atoms with Crippen molar-refractivity contribution in [2.75, 3.05) is 0 Å². The van der Waals surface area contributed by atoms with Crippen LogP contribution < -0.4 is 0 Å². The number of carbonyl (C=O) groups is 1. The number of benzene rings is 1. The highest BCUT2D eigenvalue weighted by Gasteiger charge is 2.38. The number of hydrogen-bond acceptors (Lipinski definition) is 1. The van der Waals surface area contributed by atoms with Crippen LogP contribution in [0.4, 0.5) is 0 Å². The highest BCUT2D eigenvalue weighted by molar-refractivity contribution is 9.10. The first kappa shape index (κ1) is 9.71. The largest absolute Gasteiger partial charge is 0.481 e. The van der Waals surface area contributed by atoms with Crippen molar-refractivity contribution in [1.82, 2.24) is 0 Å². The van der Waals surface area contributed by atoms with Gasteiger partial charge in [-0.05, 0) is 30.4 Å². The van der Waals surface area contributed by atoms with Gasteiger partial charge >= 0.3 is 5.97 Å². The topological polar surface area (TPSA) is 37.3 Å². The second-order valence-corrected chi connectivity index (χ2v) is 4.50. The minimum absolute atomic E-state index is 0.186. The molecule has 1 fully saturated rings. The molecule has 1 aromatic carbocycles. The summed E-state index contributed by atoms with van der Waals surface area (Å²) in [5.41, 5.74) is 1.13. The zero-order valence-electron chi connectivity index (χ0n) is 7.61. The van der Waals surface area contributed by atoms with Crippen LogP contribution in [-0.4, -0.2) is 11.1 Å². The predicted octanol–water partition coefficient (Wildman–Crippen LogP) is 3.03. The van der Waals surface area contributed by atoms with Crippen molar-refractivity contribution in [2.45, 2.75) is 18.8 Å². The lowest BCUT2D eigenvalue weighted by Crippen LogP contribution is -2.31. The summed E-state index contributed by atoms with van der Waals surface area (Å²) in [7, 11) is 0. The standard InChI is InChI=1S/C11H11BrO2/c12-10-4-2-1-3-8(10)7-5-6-9(7)11(13)14/h1-4,7,9H,5-6H2,(H,13,14). The SMILES string of the molecule is O=C(O)C1CCC1c1ccccc1Br. The zero-order valence-corrected chi connectivity index (χ0v) is 9.20. The van der Waals surface area contributed by atoms with E-state index in [4.69, 9.17) is 5.11 Å². The van der Waals surface area contributed by atoms with Crippen LogP contribution in [0.25, 0.3) is 0 Å². The van der Waals surface area contributed by atoms with Gasteiger partial charge in [-0.15, -0.1) is 0 Å². The summed E-state index contributed by atoms with van der Waals surface area (Å²) >= 11 is 3.46. The average molecular weight is 255 g/mol. The molecule has 1 aromatic rings. The highest BCUT2D eigenvalue weighted by Crippen LogP contribution is 2.44. The van der Waals surface area contributed by atoms with Gasteiger partial charge in [0.15, 0.2) is 0 Å². The van der Waals surface area contributed by atoms with Gasteiger partial charge in [0, 0.05) is 4.47 Å². The molecule has 1 N–H and O–H groups in total. The third-order valence-corrected chi connectivity index (χ3v) is 3.62. The van der Waals surface area contributed by atoms with E-state index in [1.165, 1.54) is 0 Å². The molecule has 1 aliphatic carbocycles. The molecular weight excluding hydrogens is 244 g/mol. The molecule has 74 valence electrons. The Bertz CT molecular complexity index is 362. The smallest absolute Gasteiger partial charge is 0.307 e. The van der Waals surface area contributed by atoms with Crippen LogP contribution in [0.2, 0.25) is 0 Å². The third kappa shape index (κ3) is 1.57. The molecule has 0 spiro atoms. The normalized spacial score (nSPS) is 25.5. The fourth-order valence-electron chi connectivity index (χ4n) is 1.94. The molecule has 0 radical (unpaired) electrons. The molecular formula is C11H11BrO2. The summed E-state index contributed by atoms with van der Waals surface area (Å²) in [4.78, 5) is 10.9. The molecule has 2 rings (SSSR count). The van der Waals surface area contributed by atoms with Gasteiger partial charge in [0.2, 0.25) is 0 Å². The molecule has 0 bridgehead atoms. The van der Waals surface area contributed by atoms with Crippen LogP contribution in [0.5, 0.6) is 0 Å². The van der Waals surface area contributed by atoms with Crippen molar-refractivity contribution in [3.05, 3.63) is 34.3 Å². The van der Waals surface area contributed by atoms with Gasteiger partial charge in [-0.2, -0.15) is 0 Å². The Labute approximate surface area is 91.1 Å². The van der Waals surface area contributed by atoms with Crippen molar-refractivity contribution >= 4 is 21.9 Å². The van der Waals surface area contributed by atoms with Crippen molar-refractivity contribution in [3.63, 3.8) is 0 Å². The van der Waals surface area contributed by atoms with E-state index in [0.29, 0.717) is 0 Å². The molecule has 0 aliphatic heterocycles. The Morgan fingerprint density at radius 3 is 2.57 bits per heavy atom. The number of carboxylic acids is 1. The second kappa shape index (κ2) is 3.73. The number of aliphatic carboxylic acids is 1.